The maximum absolute atomic E-state index is 11.6. The van der Waals surface area contributed by atoms with E-state index in [0.29, 0.717) is 0 Å². The highest BCUT2D eigenvalue weighted by molar-refractivity contribution is 5.85. The van der Waals surface area contributed by atoms with Crippen LogP contribution in [0.3, 0.4) is 0 Å². The lowest BCUT2D eigenvalue weighted by atomic mass is 10.2. The van der Waals surface area contributed by atoms with Crippen molar-refractivity contribution >= 4 is 22.1 Å². The molecule has 18 heavy (non-hydrogen) atoms. The Morgan fingerprint density at radius 2 is 1.06 bits per heavy atom. The van der Waals surface area contributed by atoms with Gasteiger partial charge in [-0.05, 0) is 24.3 Å². The number of benzene rings is 2. The molecule has 0 N–H and O–H groups in total. The normalized spacial score (nSPS) is 11.1. The summed E-state index contributed by atoms with van der Waals surface area (Å²) in [6, 6.07) is 4.93. The van der Waals surface area contributed by atoms with Crippen molar-refractivity contribution in [3.05, 3.63) is 65.2 Å². The van der Waals surface area contributed by atoms with E-state index in [-0.39, 0.29) is 22.1 Å². The lowest BCUT2D eigenvalue weighted by molar-refractivity contribution is 1.33. The molecule has 6 heteroatoms. The molecule has 0 saturated heterocycles. The van der Waals surface area contributed by atoms with Crippen LogP contribution in [-0.4, -0.2) is 9.97 Å². The van der Waals surface area contributed by atoms with Gasteiger partial charge < -0.3 is 0 Å². The summed E-state index contributed by atoms with van der Waals surface area (Å²) in [4.78, 5) is 53.4. The van der Waals surface area contributed by atoms with Gasteiger partial charge in [-0.25, -0.2) is 9.97 Å². The van der Waals surface area contributed by atoms with Gasteiger partial charge in [-0.2, -0.15) is 0 Å². The van der Waals surface area contributed by atoms with Crippen LogP contribution >= 0.6 is 0 Å². The Labute approximate surface area is 97.9 Å². The molecule has 0 amide bonds. The van der Waals surface area contributed by atoms with E-state index in [2.05, 4.69) is 9.97 Å². The van der Waals surface area contributed by atoms with Crippen LogP contribution in [0.15, 0.2) is 43.4 Å². The molecule has 0 bridgehead atoms. The average Bonchev–Trinajstić information content (AvgIpc) is 2.37. The van der Waals surface area contributed by atoms with Crippen LogP contribution in [0, 0.1) is 0 Å². The van der Waals surface area contributed by atoms with E-state index < -0.39 is 21.7 Å². The Hall–Kier alpha value is -2.76. The molecule has 0 spiro atoms. The summed E-state index contributed by atoms with van der Waals surface area (Å²) in [6.07, 6.45) is 0. The lowest BCUT2D eigenvalue weighted by Crippen LogP contribution is -2.26. The van der Waals surface area contributed by atoms with Crippen molar-refractivity contribution in [3.8, 4) is 0 Å². The van der Waals surface area contributed by atoms with E-state index in [1.54, 1.807) is 0 Å². The van der Waals surface area contributed by atoms with E-state index in [4.69, 9.17) is 0 Å². The van der Waals surface area contributed by atoms with Gasteiger partial charge in [0.05, 0.1) is 11.0 Å². The Balaban J connectivity index is 2.70. The van der Waals surface area contributed by atoms with E-state index in [9.17, 15) is 19.2 Å². The van der Waals surface area contributed by atoms with Gasteiger partial charge in [-0.3, -0.25) is 19.2 Å². The second-order valence-electron chi connectivity index (χ2n) is 3.74. The Morgan fingerprint density at radius 1 is 0.611 bits per heavy atom. The monoisotopic (exact) mass is 240 g/mol. The zero-order valence-electron chi connectivity index (χ0n) is 8.84. The Morgan fingerprint density at radius 3 is 1.50 bits per heavy atom. The van der Waals surface area contributed by atoms with Crippen LogP contribution in [0.4, 0.5) is 0 Å². The van der Waals surface area contributed by atoms with Gasteiger partial charge in [0.15, 0.2) is 0 Å². The average molecular weight is 240 g/mol. The van der Waals surface area contributed by atoms with Gasteiger partial charge in [0.1, 0.15) is 11.0 Å². The molecule has 3 rings (SSSR count). The highest BCUT2D eigenvalue weighted by atomic mass is 16.2. The lowest BCUT2D eigenvalue weighted by Gasteiger charge is -1.97. The van der Waals surface area contributed by atoms with Crippen molar-refractivity contribution in [1.82, 2.24) is 9.97 Å². The number of rotatable bonds is 0. The molecule has 86 valence electrons. The van der Waals surface area contributed by atoms with Gasteiger partial charge in [-0.15, -0.1) is 0 Å². The van der Waals surface area contributed by atoms with E-state index >= 15 is 0 Å². The topological polar surface area (TPSA) is 94.1 Å². The summed E-state index contributed by atoms with van der Waals surface area (Å²) in [7, 11) is 0. The highest BCUT2D eigenvalue weighted by Crippen LogP contribution is 2.07. The fourth-order valence-electron chi connectivity index (χ4n) is 1.72. The molecule has 0 aliphatic heterocycles. The van der Waals surface area contributed by atoms with Crippen molar-refractivity contribution in [2.45, 2.75) is 0 Å². The smallest absolute Gasteiger partial charge is 0.253 e. The van der Waals surface area contributed by atoms with E-state index in [1.807, 2.05) is 0 Å². The van der Waals surface area contributed by atoms with Gasteiger partial charge >= 0.3 is 0 Å². The number of fused-ring (bicyclic) bond motifs is 2. The Bertz CT molecular complexity index is 922. The van der Waals surface area contributed by atoms with Gasteiger partial charge in [0.2, 0.25) is 10.9 Å². The quantitative estimate of drug-likeness (QED) is 0.373. The molecule has 0 aliphatic rings. The maximum atomic E-state index is 11.6. The van der Waals surface area contributed by atoms with Gasteiger partial charge in [0, 0.05) is 0 Å². The molecular formula is C12H4N2O4. The van der Waals surface area contributed by atoms with Crippen molar-refractivity contribution in [1.29, 1.82) is 0 Å². The van der Waals surface area contributed by atoms with Crippen molar-refractivity contribution in [2.24, 2.45) is 0 Å². The van der Waals surface area contributed by atoms with Crippen molar-refractivity contribution < 1.29 is 0 Å². The molecule has 0 atom stereocenters. The third kappa shape index (κ3) is 1.29. The largest absolute Gasteiger partial charge is 0.285 e. The molecule has 2 aromatic carbocycles. The van der Waals surface area contributed by atoms with Crippen LogP contribution in [-0.2, 0) is 0 Å². The van der Waals surface area contributed by atoms with Crippen LogP contribution in [0.5, 0.6) is 0 Å². The van der Waals surface area contributed by atoms with Crippen LogP contribution < -0.4 is 21.7 Å². The minimum Gasteiger partial charge on any atom is -0.285 e. The zero-order valence-corrected chi connectivity index (χ0v) is 8.84. The first-order chi connectivity index (χ1) is 8.58. The molecular weight excluding hydrogens is 236 g/mol. The summed E-state index contributed by atoms with van der Waals surface area (Å²) in [5, 5.41) is 0. The van der Waals surface area contributed by atoms with E-state index in [0.717, 1.165) is 12.1 Å². The molecule has 1 heterocycles. The first kappa shape index (κ1) is 10.4. The third-order valence-electron chi connectivity index (χ3n) is 2.61. The summed E-state index contributed by atoms with van der Waals surface area (Å²) >= 11 is 0. The molecule has 0 aliphatic carbocycles. The van der Waals surface area contributed by atoms with E-state index in [1.165, 1.54) is 12.1 Å². The molecule has 6 nitrogen and oxygen atoms in total. The third-order valence-corrected chi connectivity index (χ3v) is 2.61. The number of aromatic nitrogens is 2. The highest BCUT2D eigenvalue weighted by Gasteiger charge is 2.10. The standard InChI is InChI=1S/C12H4N2O4/c15-7-3-1-5-9(11(7)17)14-10-6(13-5)2-4-8(16)12(10)18/h1-4H. The molecule has 0 unspecified atom stereocenters. The SMILES string of the molecule is O=c1ccc2nc3ccc(=O)c(=O)c3nc2c1=O. The summed E-state index contributed by atoms with van der Waals surface area (Å²) in [6.45, 7) is 0. The summed E-state index contributed by atoms with van der Waals surface area (Å²) in [5.41, 5.74) is -3.00. The molecule has 1 aromatic heterocycles. The maximum Gasteiger partial charge on any atom is 0.253 e. The minimum atomic E-state index is -0.822. The summed E-state index contributed by atoms with van der Waals surface area (Å²) in [5.74, 6) is 0. The van der Waals surface area contributed by atoms with Crippen molar-refractivity contribution in [3.63, 3.8) is 0 Å². The second kappa shape index (κ2) is 3.36. The molecule has 0 fully saturated rings. The summed E-state index contributed by atoms with van der Waals surface area (Å²) < 4.78 is 0. The van der Waals surface area contributed by atoms with Gasteiger partial charge in [0.25, 0.3) is 10.9 Å². The molecule has 3 aromatic rings. The number of hydrogen-bond acceptors (Lipinski definition) is 6. The Kier molecular flexibility index (Phi) is 1.94. The number of hydrogen-bond donors (Lipinski definition) is 0. The predicted octanol–water partition coefficient (Wildman–Crippen LogP) is -0.901. The first-order valence-corrected chi connectivity index (χ1v) is 5.03. The zero-order chi connectivity index (χ0) is 12.9. The van der Waals surface area contributed by atoms with Gasteiger partial charge in [-0.1, -0.05) is 0 Å². The van der Waals surface area contributed by atoms with Crippen LogP contribution in [0.25, 0.3) is 22.1 Å². The number of nitrogens with zero attached hydrogens (tertiary/aromatic N) is 2. The predicted molar refractivity (Wildman–Crippen MR) is 64.5 cm³/mol. The molecule has 0 radical (unpaired) electrons. The van der Waals surface area contributed by atoms with Crippen molar-refractivity contribution in [2.75, 3.05) is 0 Å². The minimum absolute atomic E-state index is 0.183. The fourth-order valence-corrected chi connectivity index (χ4v) is 1.72. The molecule has 0 saturated carbocycles. The second-order valence-corrected chi connectivity index (χ2v) is 3.74. The van der Waals surface area contributed by atoms with Crippen LogP contribution in [0.2, 0.25) is 0 Å². The first-order valence-electron chi connectivity index (χ1n) is 5.03. The van der Waals surface area contributed by atoms with Crippen LogP contribution in [0.1, 0.15) is 0 Å². The fraction of sp³-hybridized carbons (Fsp3) is 0.